The summed E-state index contributed by atoms with van der Waals surface area (Å²) in [6, 6.07) is 5.92. The molecule has 1 aliphatic rings. The number of piperidine rings is 1. The summed E-state index contributed by atoms with van der Waals surface area (Å²) in [6.45, 7) is 4.58. The van der Waals surface area contributed by atoms with Gasteiger partial charge in [0.15, 0.2) is 0 Å². The van der Waals surface area contributed by atoms with E-state index < -0.39 is 11.4 Å². The summed E-state index contributed by atoms with van der Waals surface area (Å²) < 4.78 is 18.4. The third-order valence-corrected chi connectivity index (χ3v) is 4.28. The van der Waals surface area contributed by atoms with Gasteiger partial charge in [0, 0.05) is 13.1 Å². The summed E-state index contributed by atoms with van der Waals surface area (Å²) in [4.78, 5) is 13.6. The Morgan fingerprint density at radius 2 is 2.14 bits per heavy atom. The Balaban J connectivity index is 1.83. The fraction of sp³-hybridized carbons (Fsp3) is 0.562. The van der Waals surface area contributed by atoms with Crippen LogP contribution >= 0.6 is 0 Å². The van der Waals surface area contributed by atoms with Crippen LogP contribution in [0.4, 0.5) is 4.39 Å². The largest absolute Gasteiger partial charge is 0.492 e. The molecule has 1 aromatic carbocycles. The Kier molecular flexibility index (Phi) is 5.17. The zero-order valence-electron chi connectivity index (χ0n) is 12.3. The number of hydrogen-bond donors (Lipinski definition) is 1. The molecule has 1 heterocycles. The second kappa shape index (κ2) is 6.89. The van der Waals surface area contributed by atoms with Crippen LogP contribution < -0.4 is 4.74 Å². The number of carboxylic acids is 1. The predicted molar refractivity (Wildman–Crippen MR) is 77.9 cm³/mol. The van der Waals surface area contributed by atoms with Gasteiger partial charge in [0.25, 0.3) is 0 Å². The minimum atomic E-state index is -0.700. The lowest BCUT2D eigenvalue weighted by molar-refractivity contribution is -0.153. The molecule has 1 atom stereocenters. The van der Waals surface area contributed by atoms with Gasteiger partial charge >= 0.3 is 5.97 Å². The van der Waals surface area contributed by atoms with Crippen LogP contribution in [-0.4, -0.2) is 42.2 Å². The highest BCUT2D eigenvalue weighted by molar-refractivity contribution is 5.75. The second-order valence-corrected chi connectivity index (χ2v) is 5.62. The maximum Gasteiger partial charge on any atom is 0.310 e. The molecule has 1 saturated heterocycles. The highest BCUT2D eigenvalue weighted by Gasteiger charge is 2.40. The summed E-state index contributed by atoms with van der Waals surface area (Å²) in [5.74, 6) is -0.352. The minimum Gasteiger partial charge on any atom is -0.492 e. The van der Waals surface area contributed by atoms with E-state index in [0.717, 1.165) is 19.4 Å². The Labute approximate surface area is 124 Å². The van der Waals surface area contributed by atoms with E-state index in [1.165, 1.54) is 12.1 Å². The number of rotatable bonds is 6. The van der Waals surface area contributed by atoms with Crippen LogP contribution in [-0.2, 0) is 4.79 Å². The van der Waals surface area contributed by atoms with Crippen LogP contribution in [0.1, 0.15) is 26.2 Å². The molecule has 0 aliphatic carbocycles. The lowest BCUT2D eigenvalue weighted by atomic mass is 9.78. The number of benzene rings is 1. The summed E-state index contributed by atoms with van der Waals surface area (Å²) in [7, 11) is 0. The number of carbonyl (C=O) groups is 1. The van der Waals surface area contributed by atoms with Gasteiger partial charge in [-0.2, -0.15) is 0 Å². The first-order chi connectivity index (χ1) is 10.1. The van der Waals surface area contributed by atoms with Crippen molar-refractivity contribution >= 4 is 5.97 Å². The first-order valence-corrected chi connectivity index (χ1v) is 7.40. The predicted octanol–water partition coefficient (Wildman–Crippen LogP) is 2.78. The quantitative estimate of drug-likeness (QED) is 0.876. The molecule has 4 nitrogen and oxygen atoms in total. The fourth-order valence-corrected chi connectivity index (χ4v) is 2.86. The number of hydrogen-bond acceptors (Lipinski definition) is 3. The van der Waals surface area contributed by atoms with E-state index in [2.05, 4.69) is 4.90 Å². The van der Waals surface area contributed by atoms with Gasteiger partial charge in [0.05, 0.1) is 5.41 Å². The molecule has 5 heteroatoms. The number of likely N-dealkylation sites (tertiary alicyclic amines) is 1. The van der Waals surface area contributed by atoms with E-state index in [9.17, 15) is 14.3 Å². The van der Waals surface area contributed by atoms with Crippen LogP contribution in [0.15, 0.2) is 24.3 Å². The van der Waals surface area contributed by atoms with E-state index in [1.807, 2.05) is 6.92 Å². The molecule has 1 aromatic rings. The molecule has 0 aromatic heterocycles. The van der Waals surface area contributed by atoms with Crippen molar-refractivity contribution in [2.45, 2.75) is 26.2 Å². The van der Waals surface area contributed by atoms with Crippen molar-refractivity contribution in [3.8, 4) is 5.75 Å². The van der Waals surface area contributed by atoms with E-state index >= 15 is 0 Å². The third-order valence-electron chi connectivity index (χ3n) is 4.28. The van der Waals surface area contributed by atoms with E-state index in [4.69, 9.17) is 4.74 Å². The highest BCUT2D eigenvalue weighted by Crippen LogP contribution is 2.33. The number of aliphatic carboxylic acids is 1. The molecule has 0 amide bonds. The van der Waals surface area contributed by atoms with Gasteiger partial charge in [-0.25, -0.2) is 4.39 Å². The van der Waals surface area contributed by atoms with Gasteiger partial charge in [0.2, 0.25) is 0 Å². The molecule has 0 saturated carbocycles. The number of nitrogens with zero attached hydrogens (tertiary/aromatic N) is 1. The van der Waals surface area contributed by atoms with Crippen molar-refractivity contribution in [2.24, 2.45) is 5.41 Å². The number of carboxylic acid groups (broad SMARTS) is 1. The molecule has 21 heavy (non-hydrogen) atoms. The van der Waals surface area contributed by atoms with Crippen molar-refractivity contribution < 1.29 is 19.0 Å². The molecule has 1 N–H and O–H groups in total. The standard InChI is InChI=1S/C16H22FNO3/c1-2-16(15(19)20)8-3-9-18(12-16)10-11-21-14-6-4-13(17)5-7-14/h4-7H,2-3,8-12H2,1H3,(H,19,20). The lowest BCUT2D eigenvalue weighted by Gasteiger charge is -2.39. The fourth-order valence-electron chi connectivity index (χ4n) is 2.86. The van der Waals surface area contributed by atoms with Crippen molar-refractivity contribution in [1.29, 1.82) is 0 Å². The molecular formula is C16H22FNO3. The summed E-state index contributed by atoms with van der Waals surface area (Å²) in [5, 5.41) is 9.44. The average Bonchev–Trinajstić information content (AvgIpc) is 2.49. The van der Waals surface area contributed by atoms with Gasteiger partial charge in [-0.05, 0) is 50.1 Å². The normalized spacial score (nSPS) is 23.0. The average molecular weight is 295 g/mol. The maximum atomic E-state index is 12.8. The van der Waals surface area contributed by atoms with E-state index in [0.29, 0.717) is 31.9 Å². The molecule has 1 fully saturated rings. The lowest BCUT2D eigenvalue weighted by Crippen LogP contribution is -2.48. The Hall–Kier alpha value is -1.62. The van der Waals surface area contributed by atoms with Gasteiger partial charge in [-0.15, -0.1) is 0 Å². The molecule has 0 bridgehead atoms. The summed E-state index contributed by atoms with van der Waals surface area (Å²) >= 11 is 0. The van der Waals surface area contributed by atoms with Crippen LogP contribution in [0.25, 0.3) is 0 Å². The Morgan fingerprint density at radius 1 is 1.43 bits per heavy atom. The van der Waals surface area contributed by atoms with E-state index in [-0.39, 0.29) is 5.82 Å². The van der Waals surface area contributed by atoms with Crippen LogP contribution in [0.2, 0.25) is 0 Å². The van der Waals surface area contributed by atoms with Gasteiger partial charge in [-0.1, -0.05) is 6.92 Å². The monoisotopic (exact) mass is 295 g/mol. The topological polar surface area (TPSA) is 49.8 Å². The summed E-state index contributed by atoms with van der Waals surface area (Å²) in [5.41, 5.74) is -0.617. The first kappa shape index (κ1) is 15.8. The van der Waals surface area contributed by atoms with Gasteiger partial charge in [-0.3, -0.25) is 9.69 Å². The minimum absolute atomic E-state index is 0.285. The maximum absolute atomic E-state index is 12.8. The number of ether oxygens (including phenoxy) is 1. The molecule has 1 aliphatic heterocycles. The Bertz CT molecular complexity index is 477. The smallest absolute Gasteiger partial charge is 0.310 e. The Morgan fingerprint density at radius 3 is 2.76 bits per heavy atom. The zero-order chi connectivity index (χ0) is 15.3. The SMILES string of the molecule is CCC1(C(=O)O)CCCN(CCOc2ccc(F)cc2)C1. The van der Waals surface area contributed by atoms with Gasteiger partial charge in [0.1, 0.15) is 18.2 Å². The molecular weight excluding hydrogens is 273 g/mol. The second-order valence-electron chi connectivity index (χ2n) is 5.62. The number of halogens is 1. The summed E-state index contributed by atoms with van der Waals surface area (Å²) in [6.07, 6.45) is 2.29. The zero-order valence-corrected chi connectivity index (χ0v) is 12.3. The van der Waals surface area contributed by atoms with Crippen LogP contribution in [0, 0.1) is 11.2 Å². The van der Waals surface area contributed by atoms with E-state index in [1.54, 1.807) is 12.1 Å². The van der Waals surface area contributed by atoms with Crippen LogP contribution in [0.3, 0.4) is 0 Å². The highest BCUT2D eigenvalue weighted by atomic mass is 19.1. The first-order valence-electron chi connectivity index (χ1n) is 7.40. The molecule has 0 spiro atoms. The third kappa shape index (κ3) is 3.94. The van der Waals surface area contributed by atoms with Crippen molar-refractivity contribution in [3.63, 3.8) is 0 Å². The molecule has 2 rings (SSSR count). The molecule has 116 valence electrons. The van der Waals surface area contributed by atoms with Crippen molar-refractivity contribution in [1.82, 2.24) is 4.90 Å². The van der Waals surface area contributed by atoms with Crippen molar-refractivity contribution in [3.05, 3.63) is 30.1 Å². The molecule has 1 unspecified atom stereocenters. The van der Waals surface area contributed by atoms with Gasteiger partial charge < -0.3 is 9.84 Å². The van der Waals surface area contributed by atoms with Crippen molar-refractivity contribution in [2.75, 3.05) is 26.2 Å². The molecule has 0 radical (unpaired) electrons. The van der Waals surface area contributed by atoms with Crippen LogP contribution in [0.5, 0.6) is 5.75 Å².